The predicted octanol–water partition coefficient (Wildman–Crippen LogP) is 3.63. The van der Waals surface area contributed by atoms with Gasteiger partial charge in [0.1, 0.15) is 0 Å². The molecule has 0 atom stereocenters. The van der Waals surface area contributed by atoms with Crippen molar-refractivity contribution in [1.29, 1.82) is 0 Å². The molecule has 0 bridgehead atoms. The lowest BCUT2D eigenvalue weighted by Gasteiger charge is -2.35. The predicted molar refractivity (Wildman–Crippen MR) is 102 cm³/mol. The van der Waals surface area contributed by atoms with E-state index < -0.39 is 0 Å². The van der Waals surface area contributed by atoms with Gasteiger partial charge >= 0.3 is 0 Å². The zero-order valence-corrected chi connectivity index (χ0v) is 16.3. The second-order valence-electron chi connectivity index (χ2n) is 7.21. The van der Waals surface area contributed by atoms with E-state index >= 15 is 0 Å². The van der Waals surface area contributed by atoms with Crippen LogP contribution in [0.2, 0.25) is 0 Å². The van der Waals surface area contributed by atoms with Crippen LogP contribution < -0.4 is 0 Å². The Morgan fingerprint density at radius 2 is 1.56 bits per heavy atom. The molecule has 25 heavy (non-hydrogen) atoms. The highest BCUT2D eigenvalue weighted by atomic mass is 79.9. The van der Waals surface area contributed by atoms with E-state index in [1.165, 1.54) is 31.2 Å². The number of carbonyl (C=O) groups is 2. The van der Waals surface area contributed by atoms with E-state index in [9.17, 15) is 9.59 Å². The van der Waals surface area contributed by atoms with Crippen LogP contribution in [0.5, 0.6) is 0 Å². The van der Waals surface area contributed by atoms with Crippen molar-refractivity contribution < 1.29 is 9.59 Å². The molecular formula is C20H27BrN2O2. The summed E-state index contributed by atoms with van der Waals surface area (Å²) in [6.07, 6.45) is 6.95. The molecule has 2 amide bonds. The quantitative estimate of drug-likeness (QED) is 0.748. The first-order chi connectivity index (χ1) is 12.1. The van der Waals surface area contributed by atoms with E-state index in [1.54, 1.807) is 0 Å². The first-order valence-electron chi connectivity index (χ1n) is 9.42. The molecule has 2 aliphatic rings. The molecule has 3 rings (SSSR count). The summed E-state index contributed by atoms with van der Waals surface area (Å²) < 4.78 is 1.06. The molecule has 0 aromatic heterocycles. The minimum absolute atomic E-state index is 0.193. The Labute approximate surface area is 158 Å². The molecular weight excluding hydrogens is 380 g/mol. The van der Waals surface area contributed by atoms with E-state index in [2.05, 4.69) is 22.0 Å². The molecule has 4 nitrogen and oxygen atoms in total. The Morgan fingerprint density at radius 1 is 0.960 bits per heavy atom. The number of benzene rings is 1. The Kier molecular flexibility index (Phi) is 6.51. The normalized spacial score (nSPS) is 18.6. The van der Waals surface area contributed by atoms with Crippen LogP contribution in [0.3, 0.4) is 0 Å². The van der Waals surface area contributed by atoms with E-state index in [1.807, 2.05) is 28.0 Å². The van der Waals surface area contributed by atoms with Crippen LogP contribution in [0, 0.1) is 5.92 Å². The fourth-order valence-corrected chi connectivity index (χ4v) is 4.38. The van der Waals surface area contributed by atoms with Gasteiger partial charge in [0.05, 0.1) is 0 Å². The molecule has 2 fully saturated rings. The maximum atomic E-state index is 12.4. The van der Waals surface area contributed by atoms with E-state index in [0.717, 1.165) is 10.9 Å². The molecule has 0 radical (unpaired) electrons. The number of hydrogen-bond acceptors (Lipinski definition) is 2. The van der Waals surface area contributed by atoms with Crippen LogP contribution in [0.15, 0.2) is 28.7 Å². The molecule has 1 saturated heterocycles. The van der Waals surface area contributed by atoms with Crippen LogP contribution in [0.1, 0.15) is 44.1 Å². The van der Waals surface area contributed by atoms with Crippen molar-refractivity contribution in [2.45, 2.75) is 44.9 Å². The average Bonchev–Trinajstić information content (AvgIpc) is 3.14. The van der Waals surface area contributed by atoms with Gasteiger partial charge in [-0.25, -0.2) is 0 Å². The summed E-state index contributed by atoms with van der Waals surface area (Å²) in [5, 5.41) is 0. The zero-order chi connectivity index (χ0) is 17.6. The van der Waals surface area contributed by atoms with E-state index in [-0.39, 0.29) is 11.8 Å². The number of aryl methyl sites for hydroxylation is 1. The number of hydrogen-bond donors (Lipinski definition) is 0. The highest BCUT2D eigenvalue weighted by Gasteiger charge is 2.26. The van der Waals surface area contributed by atoms with Gasteiger partial charge in [-0.2, -0.15) is 0 Å². The topological polar surface area (TPSA) is 40.6 Å². The van der Waals surface area contributed by atoms with Gasteiger partial charge < -0.3 is 9.80 Å². The first-order valence-corrected chi connectivity index (χ1v) is 10.2. The third-order valence-electron chi connectivity index (χ3n) is 5.49. The Balaban J connectivity index is 1.41. The van der Waals surface area contributed by atoms with Crippen LogP contribution in [0.25, 0.3) is 0 Å². The van der Waals surface area contributed by atoms with Crippen molar-refractivity contribution in [2.75, 3.05) is 26.2 Å². The SMILES string of the molecule is O=C(CCc1ccccc1Br)N1CCN(C(=O)CC2CCCC2)CC1. The van der Waals surface area contributed by atoms with Crippen LogP contribution in [0.4, 0.5) is 0 Å². The van der Waals surface area contributed by atoms with Gasteiger partial charge in [-0.15, -0.1) is 0 Å². The maximum Gasteiger partial charge on any atom is 0.223 e. The fraction of sp³-hybridized carbons (Fsp3) is 0.600. The molecule has 1 aliphatic heterocycles. The smallest absolute Gasteiger partial charge is 0.223 e. The zero-order valence-electron chi connectivity index (χ0n) is 14.8. The lowest BCUT2D eigenvalue weighted by atomic mass is 10.0. The number of nitrogens with zero attached hydrogens (tertiary/aromatic N) is 2. The number of halogens is 1. The van der Waals surface area contributed by atoms with Gasteiger partial charge in [-0.05, 0) is 36.8 Å². The van der Waals surface area contributed by atoms with Gasteiger partial charge in [-0.1, -0.05) is 47.0 Å². The lowest BCUT2D eigenvalue weighted by Crippen LogP contribution is -2.50. The Morgan fingerprint density at radius 3 is 2.20 bits per heavy atom. The molecule has 1 aliphatic carbocycles. The lowest BCUT2D eigenvalue weighted by molar-refractivity contribution is -0.140. The standard InChI is InChI=1S/C20H27BrN2O2/c21-18-8-4-3-7-17(18)9-10-19(24)22-11-13-23(14-12-22)20(25)15-16-5-1-2-6-16/h3-4,7-8,16H,1-2,5-6,9-15H2. The second kappa shape index (κ2) is 8.84. The molecule has 5 heteroatoms. The van der Waals surface area contributed by atoms with E-state index in [4.69, 9.17) is 0 Å². The average molecular weight is 407 g/mol. The summed E-state index contributed by atoms with van der Waals surface area (Å²) in [5.41, 5.74) is 1.17. The summed E-state index contributed by atoms with van der Waals surface area (Å²) in [6.45, 7) is 2.72. The van der Waals surface area contributed by atoms with Gasteiger partial charge in [0.25, 0.3) is 0 Å². The van der Waals surface area contributed by atoms with Gasteiger partial charge in [0.15, 0.2) is 0 Å². The highest BCUT2D eigenvalue weighted by molar-refractivity contribution is 9.10. The van der Waals surface area contributed by atoms with Crippen molar-refractivity contribution in [3.63, 3.8) is 0 Å². The highest BCUT2D eigenvalue weighted by Crippen LogP contribution is 2.28. The molecule has 1 aromatic rings. The minimum atomic E-state index is 0.193. The summed E-state index contributed by atoms with van der Waals surface area (Å²) in [5.74, 6) is 1.07. The monoisotopic (exact) mass is 406 g/mol. The maximum absolute atomic E-state index is 12.4. The van der Waals surface area contributed by atoms with Crippen molar-refractivity contribution >= 4 is 27.7 Å². The Hall–Kier alpha value is -1.36. The van der Waals surface area contributed by atoms with Gasteiger partial charge in [0, 0.05) is 43.5 Å². The summed E-state index contributed by atoms with van der Waals surface area (Å²) in [7, 11) is 0. The van der Waals surface area contributed by atoms with Gasteiger partial charge in [-0.3, -0.25) is 9.59 Å². The van der Waals surface area contributed by atoms with Crippen molar-refractivity contribution in [2.24, 2.45) is 5.92 Å². The summed E-state index contributed by atoms with van der Waals surface area (Å²) in [6, 6.07) is 8.04. The van der Waals surface area contributed by atoms with Crippen LogP contribution in [-0.2, 0) is 16.0 Å². The Bertz CT molecular complexity index is 605. The van der Waals surface area contributed by atoms with Crippen LogP contribution >= 0.6 is 15.9 Å². The first kappa shape index (κ1) is 18.4. The van der Waals surface area contributed by atoms with Crippen molar-refractivity contribution in [3.05, 3.63) is 34.3 Å². The number of piperazine rings is 1. The second-order valence-corrected chi connectivity index (χ2v) is 8.06. The largest absolute Gasteiger partial charge is 0.339 e. The van der Waals surface area contributed by atoms with Crippen molar-refractivity contribution in [3.8, 4) is 0 Å². The molecule has 136 valence electrons. The van der Waals surface area contributed by atoms with Crippen LogP contribution in [-0.4, -0.2) is 47.8 Å². The fourth-order valence-electron chi connectivity index (χ4n) is 3.90. The van der Waals surface area contributed by atoms with Gasteiger partial charge in [0.2, 0.25) is 11.8 Å². The molecule has 1 heterocycles. The molecule has 0 N–H and O–H groups in total. The number of rotatable bonds is 5. The molecule has 0 unspecified atom stereocenters. The number of amides is 2. The van der Waals surface area contributed by atoms with E-state index in [0.29, 0.717) is 44.9 Å². The molecule has 1 saturated carbocycles. The molecule has 0 spiro atoms. The summed E-state index contributed by atoms with van der Waals surface area (Å²) >= 11 is 3.53. The van der Waals surface area contributed by atoms with Crippen molar-refractivity contribution in [1.82, 2.24) is 9.80 Å². The third kappa shape index (κ3) is 5.06. The third-order valence-corrected chi connectivity index (χ3v) is 6.26. The minimum Gasteiger partial charge on any atom is -0.339 e. The number of carbonyl (C=O) groups excluding carboxylic acids is 2. The summed E-state index contributed by atoms with van der Waals surface area (Å²) in [4.78, 5) is 28.7. The molecule has 1 aromatic carbocycles.